The number of hydrogen-bond acceptors (Lipinski definition) is 7. The number of anilines is 1. The highest BCUT2D eigenvalue weighted by Gasteiger charge is 2.51. The number of rotatable bonds is 12. The molecule has 14 nitrogen and oxygen atoms in total. The third-order valence-electron chi connectivity index (χ3n) is 12.4. The average Bonchev–Trinajstić information content (AvgIpc) is 3.62. The van der Waals surface area contributed by atoms with Crippen LogP contribution in [0.3, 0.4) is 0 Å². The number of piperazine rings is 1. The van der Waals surface area contributed by atoms with Gasteiger partial charge in [0, 0.05) is 81.9 Å². The Balaban J connectivity index is 1.05. The number of benzene rings is 4. The molecule has 0 unspecified atom stereocenters. The van der Waals surface area contributed by atoms with Crippen molar-refractivity contribution in [3.63, 3.8) is 0 Å². The van der Waals surface area contributed by atoms with E-state index in [2.05, 4.69) is 34.0 Å². The second-order valence-electron chi connectivity index (χ2n) is 16.7. The molecule has 326 valence electrons. The van der Waals surface area contributed by atoms with Gasteiger partial charge >= 0.3 is 6.03 Å². The molecular formula is C49H54N8O6. The number of likely N-dealkylation sites (tertiary alicyclic amines) is 1. The summed E-state index contributed by atoms with van der Waals surface area (Å²) in [5.41, 5.74) is 6.24. The van der Waals surface area contributed by atoms with Gasteiger partial charge in [-0.05, 0) is 65.8 Å². The Morgan fingerprint density at radius 1 is 0.889 bits per heavy atom. The molecule has 3 saturated heterocycles. The van der Waals surface area contributed by atoms with Gasteiger partial charge in [-0.3, -0.25) is 19.2 Å². The summed E-state index contributed by atoms with van der Waals surface area (Å²) in [4.78, 5) is 73.0. The summed E-state index contributed by atoms with van der Waals surface area (Å²) < 4.78 is 2.06. The predicted molar refractivity (Wildman–Crippen MR) is 241 cm³/mol. The van der Waals surface area contributed by atoms with Crippen LogP contribution in [0.15, 0.2) is 116 Å². The van der Waals surface area contributed by atoms with Crippen molar-refractivity contribution in [2.24, 2.45) is 7.05 Å². The van der Waals surface area contributed by atoms with Crippen LogP contribution >= 0.6 is 0 Å². The van der Waals surface area contributed by atoms with Crippen LogP contribution in [0.1, 0.15) is 42.9 Å². The lowest BCUT2D eigenvalue weighted by Crippen LogP contribution is -2.75. The van der Waals surface area contributed by atoms with Gasteiger partial charge < -0.3 is 35.0 Å². The number of urea groups is 1. The number of piperidine rings is 1. The lowest BCUT2D eigenvalue weighted by molar-refractivity contribution is -0.205. The number of aromatic nitrogens is 1. The van der Waals surface area contributed by atoms with Crippen LogP contribution in [0.25, 0.3) is 22.0 Å². The van der Waals surface area contributed by atoms with Crippen molar-refractivity contribution < 1.29 is 29.1 Å². The zero-order valence-corrected chi connectivity index (χ0v) is 35.8. The molecule has 6 amide bonds. The van der Waals surface area contributed by atoms with E-state index in [0.717, 1.165) is 38.7 Å². The Morgan fingerprint density at radius 3 is 2.32 bits per heavy atom. The Labute approximate surface area is 367 Å². The van der Waals surface area contributed by atoms with E-state index in [1.54, 1.807) is 62.0 Å². The lowest BCUT2D eigenvalue weighted by Gasteiger charge is -2.55. The Morgan fingerprint density at radius 2 is 1.62 bits per heavy atom. The summed E-state index contributed by atoms with van der Waals surface area (Å²) >= 11 is 0. The smallest absolute Gasteiger partial charge is 0.319 e. The van der Waals surface area contributed by atoms with E-state index in [4.69, 9.17) is 0 Å². The fourth-order valence-corrected chi connectivity index (χ4v) is 9.31. The van der Waals surface area contributed by atoms with Gasteiger partial charge in [0.05, 0.1) is 18.6 Å². The topological polar surface area (TPSA) is 151 Å². The highest BCUT2D eigenvalue weighted by atomic mass is 16.3. The molecule has 14 heteroatoms. The molecule has 0 aliphatic carbocycles. The van der Waals surface area contributed by atoms with E-state index >= 15 is 0 Å². The fourth-order valence-electron chi connectivity index (χ4n) is 9.31. The number of fused-ring (bicyclic) bond motifs is 2. The van der Waals surface area contributed by atoms with Crippen LogP contribution in [0, 0.1) is 0 Å². The van der Waals surface area contributed by atoms with Crippen LogP contribution in [-0.4, -0.2) is 115 Å². The Hall–Kier alpha value is -6.93. The number of aromatic hydroxyl groups is 1. The largest absolute Gasteiger partial charge is 0.508 e. The van der Waals surface area contributed by atoms with Gasteiger partial charge in [0.1, 0.15) is 18.0 Å². The van der Waals surface area contributed by atoms with E-state index in [1.807, 2.05) is 73.8 Å². The van der Waals surface area contributed by atoms with Crippen LogP contribution in [0.2, 0.25) is 0 Å². The minimum Gasteiger partial charge on any atom is -0.508 e. The van der Waals surface area contributed by atoms with E-state index in [9.17, 15) is 29.1 Å². The molecule has 3 aliphatic heterocycles. The summed E-state index contributed by atoms with van der Waals surface area (Å²) in [5.74, 6) is -0.462. The summed E-state index contributed by atoms with van der Waals surface area (Å²) in [6.45, 7) is 7.28. The number of hydrogen-bond donors (Lipinski definition) is 3. The minimum absolute atomic E-state index is 0.00228. The number of para-hydroxylation sites is 1. The molecule has 2 atom stereocenters. The third-order valence-corrected chi connectivity index (χ3v) is 12.4. The van der Waals surface area contributed by atoms with Crippen molar-refractivity contribution in [1.29, 1.82) is 0 Å². The molecule has 4 aromatic carbocycles. The first kappa shape index (κ1) is 42.7. The van der Waals surface area contributed by atoms with Crippen molar-refractivity contribution in [1.82, 2.24) is 34.6 Å². The zero-order chi connectivity index (χ0) is 44.2. The van der Waals surface area contributed by atoms with Crippen LogP contribution in [0.5, 0.6) is 5.75 Å². The van der Waals surface area contributed by atoms with E-state index in [0.29, 0.717) is 38.0 Å². The van der Waals surface area contributed by atoms with Crippen LogP contribution in [-0.2, 0) is 45.6 Å². The van der Waals surface area contributed by atoms with Crippen molar-refractivity contribution in [3.05, 3.63) is 133 Å². The van der Waals surface area contributed by atoms with Gasteiger partial charge in [-0.15, -0.1) is 6.58 Å². The number of nitrogens with one attached hydrogen (secondary N) is 2. The maximum atomic E-state index is 14.8. The quantitative estimate of drug-likeness (QED) is 0.137. The van der Waals surface area contributed by atoms with Gasteiger partial charge in [-0.2, -0.15) is 0 Å². The summed E-state index contributed by atoms with van der Waals surface area (Å²) in [6, 6.07) is 29.0. The fraction of sp³-hybridized carbons (Fsp3) is 0.327. The number of carbonyl (C=O) groups is 5. The number of aryl methyl sites for hydroxylation is 2. The number of phenols is 1. The molecule has 8 rings (SSSR count). The first-order valence-electron chi connectivity index (χ1n) is 21.6. The van der Waals surface area contributed by atoms with Crippen LogP contribution in [0.4, 0.5) is 10.5 Å². The van der Waals surface area contributed by atoms with Crippen molar-refractivity contribution in [2.75, 3.05) is 38.0 Å². The normalized spacial score (nSPS) is 18.4. The van der Waals surface area contributed by atoms with Gasteiger partial charge in [0.25, 0.3) is 0 Å². The number of phenolic OH excluding ortho intramolecular Hbond substituents is 1. The zero-order valence-electron chi connectivity index (χ0n) is 35.8. The molecule has 3 aliphatic rings. The van der Waals surface area contributed by atoms with Crippen molar-refractivity contribution >= 4 is 46.3 Å². The molecule has 0 bridgehead atoms. The number of carbonyl (C=O) groups excluding carboxylic acids is 5. The van der Waals surface area contributed by atoms with Crippen molar-refractivity contribution in [2.45, 2.75) is 63.8 Å². The second kappa shape index (κ2) is 18.6. The van der Waals surface area contributed by atoms with E-state index in [-0.39, 0.29) is 80.5 Å². The third kappa shape index (κ3) is 9.31. The predicted octanol–water partition coefficient (Wildman–Crippen LogP) is 5.67. The van der Waals surface area contributed by atoms with Crippen molar-refractivity contribution in [3.8, 4) is 16.9 Å². The summed E-state index contributed by atoms with van der Waals surface area (Å²) in [6.07, 6.45) is 5.34. The molecule has 5 aromatic rings. The molecule has 1 aromatic heterocycles. The SMILES string of the molecule is C=CCN1CC(=O)N2[C@@H](Cc3ccc(O)cc3)C(=O)N(Cc3cccc4c(-c5ccc(NC(=O)NC6CCN(C(C)=O)CC6)cc5)cn(C)c34)C[C@@H]2N1C(=O)CCc1ccccc1. The second-order valence-corrected chi connectivity index (χ2v) is 16.7. The first-order chi connectivity index (χ1) is 30.5. The van der Waals surface area contributed by atoms with E-state index in [1.165, 1.54) is 0 Å². The van der Waals surface area contributed by atoms with Gasteiger partial charge in [0.2, 0.25) is 23.6 Å². The number of nitrogens with zero attached hydrogens (tertiary/aromatic N) is 6. The minimum atomic E-state index is -0.895. The average molecular weight is 851 g/mol. The summed E-state index contributed by atoms with van der Waals surface area (Å²) in [7, 11) is 1.98. The van der Waals surface area contributed by atoms with Gasteiger partial charge in [-0.1, -0.05) is 78.9 Å². The number of amides is 6. The summed E-state index contributed by atoms with van der Waals surface area (Å²) in [5, 5.41) is 20.4. The maximum absolute atomic E-state index is 14.8. The Kier molecular flexibility index (Phi) is 12.6. The Bertz CT molecular complexity index is 2500. The molecule has 3 N–H and O–H groups in total. The van der Waals surface area contributed by atoms with Gasteiger partial charge in [0.15, 0.2) is 0 Å². The first-order valence-corrected chi connectivity index (χ1v) is 21.6. The molecule has 0 spiro atoms. The highest BCUT2D eigenvalue weighted by molar-refractivity contribution is 5.99. The highest BCUT2D eigenvalue weighted by Crippen LogP contribution is 2.35. The molecule has 0 radical (unpaired) electrons. The van der Waals surface area contributed by atoms with E-state index < -0.39 is 12.2 Å². The lowest BCUT2D eigenvalue weighted by atomic mass is 9.97. The molecule has 4 heterocycles. The number of hydrazine groups is 1. The molecular weight excluding hydrogens is 797 g/mol. The standard InChI is InChI=1S/C49H54N8O6/c1-4-25-55-32-46(61)56-43(28-35-13-20-40(59)21-14-35)48(62)54(31-44(56)57(55)45(60)22-15-34-9-6-5-7-10-34)29-37-11-8-12-41-42(30-52(3)47(37)41)36-16-18-38(19-17-36)50-49(63)51-39-23-26-53(27-24-39)33(2)58/h4-14,16-21,30,39,43-44,59H,1,15,22-29,31-32H2,2-3H3,(H2,50,51,63)/t43-,44-/m0/s1. The van der Waals surface area contributed by atoms with Crippen LogP contribution < -0.4 is 10.6 Å². The monoisotopic (exact) mass is 850 g/mol. The van der Waals surface area contributed by atoms with Gasteiger partial charge in [-0.25, -0.2) is 14.8 Å². The molecule has 3 fully saturated rings. The molecule has 63 heavy (non-hydrogen) atoms. The maximum Gasteiger partial charge on any atom is 0.319 e. The molecule has 0 saturated carbocycles.